The summed E-state index contributed by atoms with van der Waals surface area (Å²) in [5.74, 6) is -0.937. The van der Waals surface area contributed by atoms with Crippen LogP contribution in [-0.4, -0.2) is 16.4 Å². The maximum atomic E-state index is 15.4. The Kier molecular flexibility index (Phi) is 8.82. The summed E-state index contributed by atoms with van der Waals surface area (Å²) in [6, 6.07) is 60.9. The smallest absolute Gasteiger partial charge is 0.268 e. The van der Waals surface area contributed by atoms with Crippen LogP contribution in [0, 0.1) is 45.3 Å². The van der Waals surface area contributed by atoms with Crippen LogP contribution in [-0.2, 0) is 0 Å². The molecule has 9 aromatic rings. The summed E-state index contributed by atoms with van der Waals surface area (Å²) in [6.45, 7) is 0. The van der Waals surface area contributed by atoms with Gasteiger partial charge in [0.2, 0.25) is 0 Å². The van der Waals surface area contributed by atoms with Gasteiger partial charge in [0.1, 0.15) is 0 Å². The fraction of sp³-hybridized carbons (Fsp3) is 0. The topological polar surface area (TPSA) is 137 Å². The van der Waals surface area contributed by atoms with E-state index in [4.69, 9.17) is 0 Å². The molecule has 1 aliphatic heterocycles. The molecule has 1 aliphatic rings. The van der Waals surface area contributed by atoms with Crippen LogP contribution in [0.15, 0.2) is 170 Å². The first kappa shape index (κ1) is 37.0. The van der Waals surface area contributed by atoms with Crippen molar-refractivity contribution in [3.63, 3.8) is 0 Å². The number of nitrogens with zero attached hydrogens (tertiary/aromatic N) is 6. The first-order valence-corrected chi connectivity index (χ1v) is 19.6. The van der Waals surface area contributed by atoms with Crippen molar-refractivity contribution >= 4 is 39.3 Å². The molecule has 0 spiro atoms. The first-order valence-electron chi connectivity index (χ1n) is 19.6. The molecule has 0 unspecified atom stereocenters. The SMILES string of the molecule is N#Cc1cc(C#N)cc(-c2ccc3c4ccc(-c5cc(C#N)cc(C#N)c5)cc4n(-c4cccc5c4C(=O)N(c4c(-c6ccccc6)cccc4-c4ccccc4)C5=O)c3c2)c1. The molecule has 2 heterocycles. The number of benzene rings is 8. The van der Waals surface area contributed by atoms with Gasteiger partial charge in [0.05, 0.1) is 80.1 Å². The van der Waals surface area contributed by atoms with Crippen molar-refractivity contribution in [2.75, 3.05) is 4.90 Å². The van der Waals surface area contributed by atoms with E-state index in [2.05, 4.69) is 24.3 Å². The van der Waals surface area contributed by atoms with Crippen LogP contribution in [0.25, 0.3) is 72.0 Å². The van der Waals surface area contributed by atoms with Crippen molar-refractivity contribution in [2.24, 2.45) is 0 Å². The Balaban J connectivity index is 1.24. The van der Waals surface area contributed by atoms with E-state index < -0.39 is 11.8 Å². The number of amides is 2. The van der Waals surface area contributed by atoms with Crippen LogP contribution in [0.4, 0.5) is 5.69 Å². The standard InChI is InChI=1S/C54H28N6O2/c55-29-33-21-34(30-56)24-41(23-33)39-17-19-45-46-20-18-40(42-25-35(31-57)22-36(26-42)32-58)28-50(46)59(49(45)27-39)48-16-8-15-47-51(48)54(62)60(53(47)61)52-43(37-9-3-1-4-10-37)13-7-14-44(52)38-11-5-2-6-12-38/h1-28H. The van der Waals surface area contributed by atoms with Crippen molar-refractivity contribution in [1.82, 2.24) is 4.57 Å². The number of carbonyl (C=O) groups excluding carboxylic acids is 2. The van der Waals surface area contributed by atoms with Gasteiger partial charge in [0, 0.05) is 21.9 Å². The Morgan fingerprint density at radius 2 is 0.806 bits per heavy atom. The average Bonchev–Trinajstić information content (AvgIpc) is 3.80. The van der Waals surface area contributed by atoms with Gasteiger partial charge >= 0.3 is 0 Å². The molecule has 62 heavy (non-hydrogen) atoms. The summed E-state index contributed by atoms with van der Waals surface area (Å²) in [6.07, 6.45) is 0. The second-order valence-corrected chi connectivity index (χ2v) is 14.9. The van der Waals surface area contributed by atoms with Gasteiger partial charge in [-0.1, -0.05) is 109 Å². The summed E-state index contributed by atoms with van der Waals surface area (Å²) >= 11 is 0. The van der Waals surface area contributed by atoms with Crippen LogP contribution < -0.4 is 4.90 Å². The summed E-state index contributed by atoms with van der Waals surface area (Å²) in [5, 5.41) is 41.0. The normalized spacial score (nSPS) is 11.8. The summed E-state index contributed by atoms with van der Waals surface area (Å²) in [4.78, 5) is 31.6. The zero-order valence-electron chi connectivity index (χ0n) is 32.7. The Hall–Kier alpha value is -9.34. The fourth-order valence-corrected chi connectivity index (χ4v) is 8.63. The number of aromatic nitrogens is 1. The van der Waals surface area contributed by atoms with E-state index in [0.717, 1.165) is 44.2 Å². The summed E-state index contributed by atoms with van der Waals surface area (Å²) in [5.41, 5.74) is 10.2. The molecule has 1 aromatic heterocycles. The van der Waals surface area contributed by atoms with E-state index in [1.54, 1.807) is 48.5 Å². The van der Waals surface area contributed by atoms with Crippen LogP contribution in [0.2, 0.25) is 0 Å². The van der Waals surface area contributed by atoms with Gasteiger partial charge in [-0.2, -0.15) is 21.0 Å². The molecule has 0 atom stereocenters. The molecule has 0 radical (unpaired) electrons. The van der Waals surface area contributed by atoms with Crippen LogP contribution >= 0.6 is 0 Å². The number of carbonyl (C=O) groups is 2. The van der Waals surface area contributed by atoms with E-state index in [-0.39, 0.29) is 11.1 Å². The predicted octanol–water partition coefficient (Wildman–Crippen LogP) is 11.7. The molecule has 0 saturated heterocycles. The van der Waals surface area contributed by atoms with Crippen molar-refractivity contribution in [2.45, 2.75) is 0 Å². The number of hydrogen-bond donors (Lipinski definition) is 0. The van der Waals surface area contributed by atoms with Crippen molar-refractivity contribution in [3.8, 4) is 74.5 Å². The summed E-state index contributed by atoms with van der Waals surface area (Å²) < 4.78 is 1.98. The summed E-state index contributed by atoms with van der Waals surface area (Å²) in [7, 11) is 0. The lowest BCUT2D eigenvalue weighted by Gasteiger charge is -2.23. The van der Waals surface area contributed by atoms with Crippen LogP contribution in [0.3, 0.4) is 0 Å². The molecule has 2 amide bonds. The van der Waals surface area contributed by atoms with Crippen LogP contribution in [0.5, 0.6) is 0 Å². The Labute approximate surface area is 355 Å². The highest BCUT2D eigenvalue weighted by molar-refractivity contribution is 6.37. The monoisotopic (exact) mass is 792 g/mol. The minimum atomic E-state index is -0.482. The number of fused-ring (bicyclic) bond motifs is 4. The van der Waals surface area contributed by atoms with Gasteiger partial charge < -0.3 is 4.57 Å². The van der Waals surface area contributed by atoms with Gasteiger partial charge in [-0.15, -0.1) is 0 Å². The van der Waals surface area contributed by atoms with Gasteiger partial charge in [-0.05, 0) is 94.0 Å². The fourth-order valence-electron chi connectivity index (χ4n) is 8.63. The largest absolute Gasteiger partial charge is 0.308 e. The number of anilines is 1. The third-order valence-corrected chi connectivity index (χ3v) is 11.4. The average molecular weight is 793 g/mol. The molecular weight excluding hydrogens is 765 g/mol. The van der Waals surface area contributed by atoms with Gasteiger partial charge in [0.15, 0.2) is 0 Å². The van der Waals surface area contributed by atoms with Crippen molar-refractivity contribution < 1.29 is 9.59 Å². The number of hydrogen-bond acceptors (Lipinski definition) is 6. The number of imide groups is 1. The van der Waals surface area contributed by atoms with Gasteiger partial charge in [-0.3, -0.25) is 9.59 Å². The third-order valence-electron chi connectivity index (χ3n) is 11.4. The van der Waals surface area contributed by atoms with Crippen molar-refractivity contribution in [3.05, 3.63) is 203 Å². The second-order valence-electron chi connectivity index (χ2n) is 14.9. The molecule has 0 bridgehead atoms. The molecule has 0 aliphatic carbocycles. The Bertz CT molecular complexity index is 3300. The van der Waals surface area contributed by atoms with Crippen molar-refractivity contribution in [1.29, 1.82) is 21.0 Å². The predicted molar refractivity (Wildman–Crippen MR) is 239 cm³/mol. The maximum absolute atomic E-state index is 15.4. The third kappa shape index (κ3) is 5.97. The molecule has 0 saturated carbocycles. The number of rotatable bonds is 6. The molecule has 8 aromatic carbocycles. The molecule has 8 heteroatoms. The molecule has 286 valence electrons. The van der Waals surface area contributed by atoms with E-state index in [0.29, 0.717) is 55.8 Å². The van der Waals surface area contributed by atoms with E-state index in [9.17, 15) is 25.8 Å². The number of para-hydroxylation sites is 1. The van der Waals surface area contributed by atoms with E-state index in [1.807, 2.05) is 126 Å². The second kappa shape index (κ2) is 14.8. The van der Waals surface area contributed by atoms with Gasteiger partial charge in [0.25, 0.3) is 11.8 Å². The lowest BCUT2D eigenvalue weighted by Crippen LogP contribution is -2.30. The highest BCUT2D eigenvalue weighted by Gasteiger charge is 2.41. The Morgan fingerprint density at radius 1 is 0.371 bits per heavy atom. The zero-order valence-corrected chi connectivity index (χ0v) is 32.7. The number of nitriles is 4. The molecule has 0 N–H and O–H groups in total. The first-order chi connectivity index (χ1) is 30.4. The lowest BCUT2D eigenvalue weighted by atomic mass is 9.95. The quantitative estimate of drug-likeness (QED) is 0.154. The minimum absolute atomic E-state index is 0.227. The Morgan fingerprint density at radius 3 is 1.26 bits per heavy atom. The van der Waals surface area contributed by atoms with Crippen LogP contribution in [0.1, 0.15) is 43.0 Å². The zero-order chi connectivity index (χ0) is 42.5. The molecule has 10 rings (SSSR count). The maximum Gasteiger partial charge on any atom is 0.268 e. The lowest BCUT2D eigenvalue weighted by molar-refractivity contribution is 0.0926. The van der Waals surface area contributed by atoms with E-state index in [1.165, 1.54) is 4.90 Å². The van der Waals surface area contributed by atoms with E-state index >= 15 is 4.79 Å². The minimum Gasteiger partial charge on any atom is -0.308 e. The molecular formula is C54H28N6O2. The highest BCUT2D eigenvalue weighted by atomic mass is 16.2. The van der Waals surface area contributed by atoms with Gasteiger partial charge in [-0.25, -0.2) is 4.90 Å². The highest BCUT2D eigenvalue weighted by Crippen LogP contribution is 2.45. The molecule has 0 fully saturated rings. The molecule has 8 nitrogen and oxygen atoms in total.